The van der Waals surface area contributed by atoms with Gasteiger partial charge < -0.3 is 4.90 Å². The quantitative estimate of drug-likeness (QED) is 0.775. The Bertz CT molecular complexity index is 638. The van der Waals surface area contributed by atoms with Crippen molar-refractivity contribution in [3.05, 3.63) is 28.2 Å². The van der Waals surface area contributed by atoms with Crippen molar-refractivity contribution >= 4 is 43.1 Å². The molecule has 0 saturated carbocycles. The van der Waals surface area contributed by atoms with Gasteiger partial charge in [-0.3, -0.25) is 9.59 Å². The molecule has 1 aliphatic rings. The molecule has 0 N–H and O–H groups in total. The van der Waals surface area contributed by atoms with E-state index in [2.05, 4.69) is 15.9 Å². The zero-order valence-electron chi connectivity index (χ0n) is 9.51. The van der Waals surface area contributed by atoms with Crippen LogP contribution in [0.3, 0.4) is 0 Å². The summed E-state index contributed by atoms with van der Waals surface area (Å²) in [5.41, 5.74) is 0.778. The molecular formula is C11H10BrNO4S. The number of nitrogens with zero attached hydrogens (tertiary/aromatic N) is 1. The van der Waals surface area contributed by atoms with E-state index in [9.17, 15) is 18.0 Å². The Balaban J connectivity index is 2.36. The van der Waals surface area contributed by atoms with Gasteiger partial charge >= 0.3 is 0 Å². The van der Waals surface area contributed by atoms with E-state index in [1.165, 1.54) is 4.90 Å². The Morgan fingerprint density at radius 1 is 1.28 bits per heavy atom. The molecule has 1 amide bonds. The number of sulfone groups is 1. The van der Waals surface area contributed by atoms with Gasteiger partial charge in [0.2, 0.25) is 0 Å². The fourth-order valence-corrected chi connectivity index (χ4v) is 2.61. The number of carbonyl (C=O) groups excluding carboxylic acids is 2. The normalized spacial score (nSPS) is 15.1. The zero-order chi connectivity index (χ0) is 13.5. The fourth-order valence-electron chi connectivity index (χ4n) is 1.75. The highest BCUT2D eigenvalue weighted by atomic mass is 79.9. The average Bonchev–Trinajstić information content (AvgIpc) is 2.48. The molecule has 5 nitrogen and oxygen atoms in total. The maximum atomic E-state index is 11.8. The third kappa shape index (κ3) is 2.46. The van der Waals surface area contributed by atoms with Crippen LogP contribution in [-0.2, 0) is 14.6 Å². The van der Waals surface area contributed by atoms with Crippen molar-refractivity contribution in [2.45, 2.75) is 0 Å². The number of hydrogen-bond donors (Lipinski definition) is 0. The summed E-state index contributed by atoms with van der Waals surface area (Å²) in [5, 5.41) is 0. The third-order valence-corrected chi connectivity index (χ3v) is 4.04. The number of benzene rings is 1. The predicted molar refractivity (Wildman–Crippen MR) is 70.5 cm³/mol. The van der Waals surface area contributed by atoms with Crippen LogP contribution in [0.15, 0.2) is 22.7 Å². The number of hydrogen-bond acceptors (Lipinski definition) is 4. The molecule has 1 aliphatic heterocycles. The first-order valence-electron chi connectivity index (χ1n) is 5.13. The maximum absolute atomic E-state index is 11.8. The molecular weight excluding hydrogens is 322 g/mol. The molecule has 18 heavy (non-hydrogen) atoms. The number of carbonyl (C=O) groups is 2. The number of Topliss-reactive ketones (excluding diaryl/α,β-unsaturated/α-hetero) is 1. The van der Waals surface area contributed by atoms with Crippen LogP contribution in [0.5, 0.6) is 0 Å². The molecule has 1 aromatic carbocycles. The molecule has 2 rings (SSSR count). The minimum Gasteiger partial charge on any atom is -0.304 e. The molecule has 0 aliphatic carbocycles. The number of ketones is 1. The Hall–Kier alpha value is -1.21. The lowest BCUT2D eigenvalue weighted by Crippen LogP contribution is -2.33. The van der Waals surface area contributed by atoms with Gasteiger partial charge in [0.25, 0.3) is 11.7 Å². The van der Waals surface area contributed by atoms with Crippen LogP contribution < -0.4 is 4.90 Å². The lowest BCUT2D eigenvalue weighted by molar-refractivity contribution is -0.114. The average molecular weight is 332 g/mol. The van der Waals surface area contributed by atoms with Gasteiger partial charge in [0.1, 0.15) is 9.84 Å². The van der Waals surface area contributed by atoms with E-state index in [0.29, 0.717) is 11.3 Å². The molecule has 0 aromatic heterocycles. The highest BCUT2D eigenvalue weighted by Crippen LogP contribution is 2.31. The van der Waals surface area contributed by atoms with Crippen LogP contribution in [0.4, 0.5) is 5.69 Å². The number of rotatable bonds is 3. The molecule has 0 bridgehead atoms. The lowest BCUT2D eigenvalue weighted by atomic mass is 10.1. The van der Waals surface area contributed by atoms with Gasteiger partial charge in [0.15, 0.2) is 0 Å². The molecule has 1 heterocycles. The smallest absolute Gasteiger partial charge is 0.299 e. The van der Waals surface area contributed by atoms with Crippen molar-refractivity contribution in [2.75, 3.05) is 23.5 Å². The van der Waals surface area contributed by atoms with Gasteiger partial charge in [-0.1, -0.05) is 15.9 Å². The van der Waals surface area contributed by atoms with Crippen LogP contribution in [0, 0.1) is 0 Å². The zero-order valence-corrected chi connectivity index (χ0v) is 11.9. The predicted octanol–water partition coefficient (Wildman–Crippen LogP) is 1.02. The van der Waals surface area contributed by atoms with E-state index in [1.54, 1.807) is 18.2 Å². The minimum absolute atomic E-state index is 0.00708. The van der Waals surface area contributed by atoms with Crippen LogP contribution in [0.1, 0.15) is 10.4 Å². The summed E-state index contributed by atoms with van der Waals surface area (Å²) in [7, 11) is -3.18. The van der Waals surface area contributed by atoms with Crippen LogP contribution in [-0.4, -0.2) is 38.7 Å². The summed E-state index contributed by atoms with van der Waals surface area (Å²) < 4.78 is 23.0. The van der Waals surface area contributed by atoms with Gasteiger partial charge in [0.05, 0.1) is 17.0 Å². The fraction of sp³-hybridized carbons (Fsp3) is 0.273. The van der Waals surface area contributed by atoms with E-state index in [0.717, 1.165) is 10.7 Å². The number of anilines is 1. The Labute approximate surface area is 113 Å². The van der Waals surface area contributed by atoms with Crippen molar-refractivity contribution in [2.24, 2.45) is 0 Å². The topological polar surface area (TPSA) is 71.5 Å². The second-order valence-corrected chi connectivity index (χ2v) is 7.25. The molecule has 1 aromatic rings. The number of amides is 1. The maximum Gasteiger partial charge on any atom is 0.299 e. The Kier molecular flexibility index (Phi) is 3.29. The SMILES string of the molecule is CS(=O)(=O)CCN1C(=O)C(=O)c2ccc(Br)cc21. The first-order valence-corrected chi connectivity index (χ1v) is 7.98. The van der Waals surface area contributed by atoms with Gasteiger partial charge in [-0.25, -0.2) is 8.42 Å². The Morgan fingerprint density at radius 2 is 1.94 bits per heavy atom. The van der Waals surface area contributed by atoms with E-state index in [-0.39, 0.29) is 12.3 Å². The van der Waals surface area contributed by atoms with Gasteiger partial charge in [0, 0.05) is 17.3 Å². The van der Waals surface area contributed by atoms with Crippen molar-refractivity contribution in [1.82, 2.24) is 0 Å². The first kappa shape index (κ1) is 13.2. The molecule has 0 saturated heterocycles. The monoisotopic (exact) mass is 331 g/mol. The van der Waals surface area contributed by atoms with Crippen molar-refractivity contribution in [1.29, 1.82) is 0 Å². The second-order valence-electron chi connectivity index (χ2n) is 4.08. The van der Waals surface area contributed by atoms with E-state index in [1.807, 2.05) is 0 Å². The first-order chi connectivity index (χ1) is 8.29. The minimum atomic E-state index is -3.18. The summed E-state index contributed by atoms with van der Waals surface area (Å²) in [5.74, 6) is -1.43. The van der Waals surface area contributed by atoms with E-state index >= 15 is 0 Å². The van der Waals surface area contributed by atoms with Crippen molar-refractivity contribution in [3.8, 4) is 0 Å². The van der Waals surface area contributed by atoms with Gasteiger partial charge in [-0.15, -0.1) is 0 Å². The van der Waals surface area contributed by atoms with Crippen LogP contribution in [0.25, 0.3) is 0 Å². The van der Waals surface area contributed by atoms with Crippen LogP contribution >= 0.6 is 15.9 Å². The van der Waals surface area contributed by atoms with E-state index < -0.39 is 21.5 Å². The van der Waals surface area contributed by atoms with Crippen molar-refractivity contribution < 1.29 is 18.0 Å². The van der Waals surface area contributed by atoms with Crippen molar-refractivity contribution in [3.63, 3.8) is 0 Å². The third-order valence-electron chi connectivity index (χ3n) is 2.62. The number of fused-ring (bicyclic) bond motifs is 1. The van der Waals surface area contributed by atoms with Gasteiger partial charge in [-0.2, -0.15) is 0 Å². The van der Waals surface area contributed by atoms with E-state index in [4.69, 9.17) is 0 Å². The largest absolute Gasteiger partial charge is 0.304 e. The summed E-state index contributed by atoms with van der Waals surface area (Å²) in [6, 6.07) is 4.87. The summed E-state index contributed by atoms with van der Waals surface area (Å²) in [4.78, 5) is 24.7. The van der Waals surface area contributed by atoms with Gasteiger partial charge in [-0.05, 0) is 18.2 Å². The molecule has 0 unspecified atom stereocenters. The molecule has 0 fully saturated rings. The molecule has 0 spiro atoms. The molecule has 0 radical (unpaired) electrons. The lowest BCUT2D eigenvalue weighted by Gasteiger charge is -2.15. The summed E-state index contributed by atoms with van der Waals surface area (Å²) >= 11 is 3.26. The Morgan fingerprint density at radius 3 is 2.56 bits per heavy atom. The second kappa shape index (κ2) is 4.47. The summed E-state index contributed by atoms with van der Waals surface area (Å²) in [6.45, 7) is -0.00708. The standard InChI is InChI=1S/C11H10BrNO4S/c1-18(16,17)5-4-13-9-6-7(12)2-3-8(9)10(14)11(13)15/h2-3,6H,4-5H2,1H3. The van der Waals surface area contributed by atoms with Crippen LogP contribution in [0.2, 0.25) is 0 Å². The molecule has 7 heteroatoms. The highest BCUT2D eigenvalue weighted by molar-refractivity contribution is 9.10. The highest BCUT2D eigenvalue weighted by Gasteiger charge is 2.35. The molecule has 0 atom stereocenters. The molecule has 96 valence electrons. The summed E-state index contributed by atoms with van der Waals surface area (Å²) in [6.07, 6.45) is 1.09. The number of halogens is 1.